The quantitative estimate of drug-likeness (QED) is 0.639. The van der Waals surface area contributed by atoms with E-state index in [-0.39, 0.29) is 23.6 Å². The Balaban J connectivity index is 2.74. The molecule has 1 aromatic carbocycles. The predicted molar refractivity (Wildman–Crippen MR) is 85.3 cm³/mol. The number of carbonyl (C=O) groups excluding carboxylic acids is 2. The van der Waals surface area contributed by atoms with Crippen molar-refractivity contribution in [3.05, 3.63) is 57.0 Å². The normalized spacial score (nSPS) is 10.4. The Morgan fingerprint density at radius 3 is 2.48 bits per heavy atom. The zero-order valence-electron chi connectivity index (χ0n) is 13.5. The molecule has 2 aromatic rings. The topological polar surface area (TPSA) is 78.3 Å². The van der Waals surface area contributed by atoms with Gasteiger partial charge in [0, 0.05) is 6.92 Å². The highest BCUT2D eigenvalue weighted by Gasteiger charge is 2.19. The molecule has 0 bridgehead atoms. The molecule has 0 aliphatic carbocycles. The SMILES string of the molecule is CCOC(=O)c1cc(C(C)=O)nn(-c2ccc(C)cc2C)c1=O. The summed E-state index contributed by atoms with van der Waals surface area (Å²) < 4.78 is 5.97. The predicted octanol–water partition coefficient (Wildman–Crippen LogP) is 2.23. The van der Waals surface area contributed by atoms with E-state index in [1.54, 1.807) is 13.0 Å². The van der Waals surface area contributed by atoms with Gasteiger partial charge in [0.05, 0.1) is 12.3 Å². The second-order valence-electron chi connectivity index (χ2n) is 5.23. The maximum Gasteiger partial charge on any atom is 0.343 e. The van der Waals surface area contributed by atoms with Crippen LogP contribution in [0.5, 0.6) is 0 Å². The van der Waals surface area contributed by atoms with Gasteiger partial charge in [-0.05, 0) is 38.5 Å². The second kappa shape index (κ2) is 6.56. The molecular formula is C17H18N2O4. The highest BCUT2D eigenvalue weighted by atomic mass is 16.5. The first kappa shape index (κ1) is 16.6. The van der Waals surface area contributed by atoms with E-state index in [0.717, 1.165) is 15.8 Å². The van der Waals surface area contributed by atoms with Crippen molar-refractivity contribution < 1.29 is 14.3 Å². The number of Topliss-reactive ketones (excluding diaryl/α,β-unsaturated/α-hetero) is 1. The molecule has 0 radical (unpaired) electrons. The largest absolute Gasteiger partial charge is 0.462 e. The minimum atomic E-state index is -0.763. The number of ketones is 1. The first-order valence-electron chi connectivity index (χ1n) is 7.25. The summed E-state index contributed by atoms with van der Waals surface area (Å²) in [6.45, 7) is 6.88. The van der Waals surface area contributed by atoms with E-state index in [2.05, 4.69) is 5.10 Å². The monoisotopic (exact) mass is 314 g/mol. The number of aromatic nitrogens is 2. The van der Waals surface area contributed by atoms with E-state index in [0.29, 0.717) is 5.69 Å². The standard InChI is InChI=1S/C17H18N2O4/c1-5-23-17(22)13-9-14(12(4)20)18-19(16(13)21)15-7-6-10(2)8-11(15)3/h6-9H,5H2,1-4H3. The van der Waals surface area contributed by atoms with Crippen molar-refractivity contribution in [2.24, 2.45) is 0 Å². The number of hydrogen-bond donors (Lipinski definition) is 0. The van der Waals surface area contributed by atoms with Crippen molar-refractivity contribution in [2.45, 2.75) is 27.7 Å². The third kappa shape index (κ3) is 3.36. The molecule has 0 atom stereocenters. The average Bonchev–Trinajstić information content (AvgIpc) is 2.48. The van der Waals surface area contributed by atoms with E-state index >= 15 is 0 Å². The van der Waals surface area contributed by atoms with Crippen molar-refractivity contribution >= 4 is 11.8 Å². The van der Waals surface area contributed by atoms with Crippen LogP contribution in [0, 0.1) is 13.8 Å². The van der Waals surface area contributed by atoms with Crippen molar-refractivity contribution in [2.75, 3.05) is 6.61 Å². The summed E-state index contributed by atoms with van der Waals surface area (Å²) >= 11 is 0. The minimum absolute atomic E-state index is 0.0348. The Morgan fingerprint density at radius 2 is 1.91 bits per heavy atom. The highest BCUT2D eigenvalue weighted by Crippen LogP contribution is 2.14. The summed E-state index contributed by atoms with van der Waals surface area (Å²) in [6, 6.07) is 6.65. The number of nitrogens with zero attached hydrogens (tertiary/aromatic N) is 2. The zero-order chi connectivity index (χ0) is 17.1. The molecule has 120 valence electrons. The Morgan fingerprint density at radius 1 is 1.22 bits per heavy atom. The van der Waals surface area contributed by atoms with Gasteiger partial charge < -0.3 is 4.74 Å². The van der Waals surface area contributed by atoms with Gasteiger partial charge >= 0.3 is 5.97 Å². The fourth-order valence-electron chi connectivity index (χ4n) is 2.23. The molecule has 2 rings (SSSR count). The van der Waals surface area contributed by atoms with Crippen LogP contribution in [0.2, 0.25) is 0 Å². The van der Waals surface area contributed by atoms with Crippen LogP contribution in [-0.4, -0.2) is 28.1 Å². The summed E-state index contributed by atoms with van der Waals surface area (Å²) in [5, 5.41) is 4.08. The fourth-order valence-corrected chi connectivity index (χ4v) is 2.23. The summed E-state index contributed by atoms with van der Waals surface area (Å²) in [5.74, 6) is -1.10. The van der Waals surface area contributed by atoms with E-state index in [1.807, 2.05) is 26.0 Å². The molecule has 0 saturated carbocycles. The highest BCUT2D eigenvalue weighted by molar-refractivity contribution is 5.96. The fraction of sp³-hybridized carbons (Fsp3) is 0.294. The number of hydrogen-bond acceptors (Lipinski definition) is 5. The number of aryl methyl sites for hydroxylation is 2. The molecule has 0 amide bonds. The lowest BCUT2D eigenvalue weighted by molar-refractivity contribution is 0.0523. The van der Waals surface area contributed by atoms with E-state index in [4.69, 9.17) is 4.74 Å². The molecule has 23 heavy (non-hydrogen) atoms. The molecule has 0 aliphatic heterocycles. The summed E-state index contributed by atoms with van der Waals surface area (Å²) in [7, 11) is 0. The van der Waals surface area contributed by atoms with Gasteiger partial charge in [-0.3, -0.25) is 9.59 Å². The second-order valence-corrected chi connectivity index (χ2v) is 5.23. The molecule has 6 nitrogen and oxygen atoms in total. The maximum absolute atomic E-state index is 12.6. The molecule has 0 fully saturated rings. The molecule has 1 aromatic heterocycles. The van der Waals surface area contributed by atoms with E-state index in [1.165, 1.54) is 13.0 Å². The number of rotatable bonds is 4. The van der Waals surface area contributed by atoms with Crippen molar-refractivity contribution in [1.29, 1.82) is 0 Å². The first-order chi connectivity index (χ1) is 10.8. The van der Waals surface area contributed by atoms with Crippen LogP contribution >= 0.6 is 0 Å². The lowest BCUT2D eigenvalue weighted by Gasteiger charge is -2.11. The van der Waals surface area contributed by atoms with Gasteiger partial charge in [-0.15, -0.1) is 0 Å². The van der Waals surface area contributed by atoms with Gasteiger partial charge in [-0.1, -0.05) is 17.7 Å². The number of esters is 1. The maximum atomic E-state index is 12.6. The zero-order valence-corrected chi connectivity index (χ0v) is 13.5. The average molecular weight is 314 g/mol. The molecule has 0 spiro atoms. The van der Waals surface area contributed by atoms with Gasteiger partial charge in [0.1, 0.15) is 11.3 Å². The Labute approximate surface area is 133 Å². The van der Waals surface area contributed by atoms with Crippen LogP contribution < -0.4 is 5.56 Å². The van der Waals surface area contributed by atoms with Crippen LogP contribution in [0.3, 0.4) is 0 Å². The third-order valence-corrected chi connectivity index (χ3v) is 3.35. The molecule has 0 unspecified atom stereocenters. The summed E-state index contributed by atoms with van der Waals surface area (Å²) in [4.78, 5) is 36.3. The third-order valence-electron chi connectivity index (χ3n) is 3.35. The van der Waals surface area contributed by atoms with E-state index < -0.39 is 11.5 Å². The van der Waals surface area contributed by atoms with Crippen molar-refractivity contribution in [1.82, 2.24) is 9.78 Å². The molecule has 6 heteroatoms. The number of ether oxygens (including phenoxy) is 1. The first-order valence-corrected chi connectivity index (χ1v) is 7.25. The van der Waals surface area contributed by atoms with Gasteiger partial charge in [0.15, 0.2) is 5.78 Å². The summed E-state index contributed by atoms with van der Waals surface area (Å²) in [5.41, 5.74) is 1.59. The van der Waals surface area contributed by atoms with Crippen LogP contribution in [-0.2, 0) is 4.74 Å². The molecule has 0 aliphatic rings. The Bertz CT molecular complexity index is 837. The van der Waals surface area contributed by atoms with Gasteiger partial charge in [-0.25, -0.2) is 4.79 Å². The van der Waals surface area contributed by atoms with Crippen LogP contribution in [0.4, 0.5) is 0 Å². The van der Waals surface area contributed by atoms with Gasteiger partial charge in [-0.2, -0.15) is 9.78 Å². The van der Waals surface area contributed by atoms with Gasteiger partial charge in [0.2, 0.25) is 0 Å². The van der Waals surface area contributed by atoms with Crippen LogP contribution in [0.15, 0.2) is 29.1 Å². The number of carbonyl (C=O) groups is 2. The van der Waals surface area contributed by atoms with Crippen LogP contribution in [0.25, 0.3) is 5.69 Å². The van der Waals surface area contributed by atoms with Crippen LogP contribution in [0.1, 0.15) is 45.8 Å². The molecule has 1 heterocycles. The molecule has 0 N–H and O–H groups in total. The van der Waals surface area contributed by atoms with E-state index in [9.17, 15) is 14.4 Å². The van der Waals surface area contributed by atoms with Crippen molar-refractivity contribution in [3.63, 3.8) is 0 Å². The lowest BCUT2D eigenvalue weighted by Crippen LogP contribution is -2.30. The summed E-state index contributed by atoms with van der Waals surface area (Å²) in [6.07, 6.45) is 0. The van der Waals surface area contributed by atoms with Crippen molar-refractivity contribution in [3.8, 4) is 5.69 Å². The smallest absolute Gasteiger partial charge is 0.343 e. The Hall–Kier alpha value is -2.76. The lowest BCUT2D eigenvalue weighted by atomic mass is 10.1. The molecule has 0 saturated heterocycles. The number of benzene rings is 1. The molecular weight excluding hydrogens is 296 g/mol. The Kier molecular flexibility index (Phi) is 4.74. The van der Waals surface area contributed by atoms with Gasteiger partial charge in [0.25, 0.3) is 5.56 Å². The minimum Gasteiger partial charge on any atom is -0.462 e.